The lowest BCUT2D eigenvalue weighted by atomic mass is 10.0. The fourth-order valence-corrected chi connectivity index (χ4v) is 7.48. The van der Waals surface area contributed by atoms with Gasteiger partial charge in [-0.3, -0.25) is 4.57 Å². The van der Waals surface area contributed by atoms with Gasteiger partial charge in [-0.2, -0.15) is 5.26 Å². The highest BCUT2D eigenvalue weighted by Crippen LogP contribution is 2.41. The maximum absolute atomic E-state index is 9.72. The third-order valence-electron chi connectivity index (χ3n) is 8.41. The van der Waals surface area contributed by atoms with Gasteiger partial charge in [0.1, 0.15) is 0 Å². The molecule has 4 nitrogen and oxygen atoms in total. The summed E-state index contributed by atoms with van der Waals surface area (Å²) in [6.07, 6.45) is 0. The molecule has 0 saturated heterocycles. The van der Waals surface area contributed by atoms with Crippen molar-refractivity contribution >= 4 is 64.2 Å². The summed E-state index contributed by atoms with van der Waals surface area (Å²) in [5, 5.41) is 15.5. The number of para-hydroxylation sites is 1. The van der Waals surface area contributed by atoms with E-state index >= 15 is 0 Å². The maximum atomic E-state index is 9.72. The molecule has 0 bridgehead atoms. The number of benzene rings is 6. The van der Waals surface area contributed by atoms with Gasteiger partial charge in [-0.15, -0.1) is 11.3 Å². The molecule has 9 rings (SSSR count). The lowest BCUT2D eigenvalue weighted by Gasteiger charge is -2.10. The van der Waals surface area contributed by atoms with Crippen molar-refractivity contribution in [3.8, 4) is 34.4 Å². The molecular formula is C39H22N4S. The predicted octanol–water partition coefficient (Wildman–Crippen LogP) is 10.3. The Kier molecular flexibility index (Phi) is 5.40. The van der Waals surface area contributed by atoms with Crippen molar-refractivity contribution in [1.82, 2.24) is 14.5 Å². The Balaban J connectivity index is 1.41. The van der Waals surface area contributed by atoms with Crippen molar-refractivity contribution in [2.45, 2.75) is 0 Å². The first-order chi connectivity index (χ1) is 21.7. The number of fused-ring (bicyclic) bond motifs is 7. The molecule has 6 aromatic carbocycles. The molecule has 9 aromatic rings. The third kappa shape index (κ3) is 3.75. The molecule has 0 N–H and O–H groups in total. The first-order valence-electron chi connectivity index (χ1n) is 14.5. The molecule has 3 aromatic heterocycles. The minimum atomic E-state index is 0.603. The van der Waals surface area contributed by atoms with Gasteiger partial charge in [0, 0.05) is 26.4 Å². The van der Waals surface area contributed by atoms with E-state index in [2.05, 4.69) is 114 Å². The highest BCUT2D eigenvalue weighted by Gasteiger charge is 2.21. The molecule has 0 amide bonds. The molecule has 5 heteroatoms. The van der Waals surface area contributed by atoms with Gasteiger partial charge in [-0.1, -0.05) is 91.0 Å². The summed E-state index contributed by atoms with van der Waals surface area (Å²) in [7, 11) is 0. The van der Waals surface area contributed by atoms with Crippen LogP contribution in [0.4, 0.5) is 0 Å². The second-order valence-corrected chi connectivity index (χ2v) is 12.0. The van der Waals surface area contributed by atoms with E-state index in [9.17, 15) is 5.26 Å². The summed E-state index contributed by atoms with van der Waals surface area (Å²) in [6, 6.07) is 48.5. The largest absolute Gasteiger partial charge is 0.278 e. The third-order valence-corrected chi connectivity index (χ3v) is 9.58. The van der Waals surface area contributed by atoms with Crippen LogP contribution in [0.1, 0.15) is 5.56 Å². The molecule has 0 unspecified atom stereocenters. The summed E-state index contributed by atoms with van der Waals surface area (Å²) < 4.78 is 4.35. The molecule has 0 fully saturated rings. The van der Waals surface area contributed by atoms with Gasteiger partial charge >= 0.3 is 0 Å². The molecule has 0 spiro atoms. The Labute approximate surface area is 256 Å². The minimum absolute atomic E-state index is 0.603. The van der Waals surface area contributed by atoms with Crippen LogP contribution in [-0.4, -0.2) is 14.5 Å². The summed E-state index contributed by atoms with van der Waals surface area (Å²) in [6.45, 7) is 0. The van der Waals surface area contributed by atoms with Crippen molar-refractivity contribution in [2.24, 2.45) is 0 Å². The Morgan fingerprint density at radius 3 is 2.20 bits per heavy atom. The van der Waals surface area contributed by atoms with Crippen LogP contribution in [0.5, 0.6) is 0 Å². The van der Waals surface area contributed by atoms with Crippen LogP contribution < -0.4 is 0 Å². The van der Waals surface area contributed by atoms with Crippen molar-refractivity contribution in [2.75, 3.05) is 0 Å². The van der Waals surface area contributed by atoms with Crippen LogP contribution >= 0.6 is 11.3 Å². The van der Waals surface area contributed by atoms with E-state index in [0.29, 0.717) is 11.5 Å². The second-order valence-electron chi connectivity index (χ2n) is 11.0. The fraction of sp³-hybridized carbons (Fsp3) is 0. The first kappa shape index (κ1) is 24.7. The van der Waals surface area contributed by atoms with Crippen molar-refractivity contribution in [3.05, 3.63) is 139 Å². The standard InChI is InChI=1S/C39H22N4S/c40-23-24-9-8-14-29(19-24)36-38-37(32-21-28(17-18-35(32)44-38)25-10-2-1-3-11-25)42-39(41-36)43-33-16-7-6-15-30(33)31-20-26-12-4-5-13-27(26)22-34(31)43/h1-22H. The van der Waals surface area contributed by atoms with Gasteiger partial charge in [0.05, 0.1) is 38.6 Å². The normalized spacial score (nSPS) is 11.6. The Morgan fingerprint density at radius 1 is 0.568 bits per heavy atom. The first-order valence-corrected chi connectivity index (χ1v) is 15.3. The van der Waals surface area contributed by atoms with E-state index in [0.717, 1.165) is 58.9 Å². The van der Waals surface area contributed by atoms with Gasteiger partial charge in [-0.25, -0.2) is 9.97 Å². The molecule has 0 saturated carbocycles. The van der Waals surface area contributed by atoms with Gasteiger partial charge in [0.2, 0.25) is 5.95 Å². The SMILES string of the molecule is N#Cc1cccc(-c2nc(-n3c4ccccc4c4cc5ccccc5cc43)nc3c2sc2ccc(-c4ccccc4)cc23)c1. The van der Waals surface area contributed by atoms with Crippen LogP contribution in [0.15, 0.2) is 133 Å². The maximum Gasteiger partial charge on any atom is 0.235 e. The zero-order valence-electron chi connectivity index (χ0n) is 23.4. The van der Waals surface area contributed by atoms with Crippen LogP contribution in [0.3, 0.4) is 0 Å². The fourth-order valence-electron chi connectivity index (χ4n) is 6.34. The van der Waals surface area contributed by atoms with Gasteiger partial charge in [0.25, 0.3) is 0 Å². The smallest absolute Gasteiger partial charge is 0.235 e. The summed E-state index contributed by atoms with van der Waals surface area (Å²) >= 11 is 1.70. The van der Waals surface area contributed by atoms with Crippen molar-refractivity contribution in [1.29, 1.82) is 5.26 Å². The number of hydrogen-bond acceptors (Lipinski definition) is 4. The molecule has 0 aliphatic carbocycles. The number of thiophene rings is 1. The molecule has 44 heavy (non-hydrogen) atoms. The van der Waals surface area contributed by atoms with Gasteiger partial charge in [-0.05, 0) is 64.4 Å². The quantitative estimate of drug-likeness (QED) is 0.210. The summed E-state index contributed by atoms with van der Waals surface area (Å²) in [5.41, 5.74) is 7.68. The van der Waals surface area contributed by atoms with Crippen LogP contribution in [-0.2, 0) is 0 Å². The van der Waals surface area contributed by atoms with Crippen LogP contribution in [0.25, 0.3) is 81.2 Å². The van der Waals surface area contributed by atoms with Gasteiger partial charge < -0.3 is 0 Å². The monoisotopic (exact) mass is 578 g/mol. The minimum Gasteiger partial charge on any atom is -0.278 e. The van der Waals surface area contributed by atoms with E-state index in [1.807, 2.05) is 30.3 Å². The molecule has 3 heterocycles. The lowest BCUT2D eigenvalue weighted by Crippen LogP contribution is -2.02. The summed E-state index contributed by atoms with van der Waals surface area (Å²) in [4.78, 5) is 10.6. The van der Waals surface area contributed by atoms with Gasteiger partial charge in [0.15, 0.2) is 0 Å². The van der Waals surface area contributed by atoms with Crippen molar-refractivity contribution in [3.63, 3.8) is 0 Å². The van der Waals surface area contributed by atoms with E-state index < -0.39 is 0 Å². The second kappa shape index (κ2) is 9.60. The Hall–Kier alpha value is -5.83. The predicted molar refractivity (Wildman–Crippen MR) is 182 cm³/mol. The van der Waals surface area contributed by atoms with E-state index in [-0.39, 0.29) is 0 Å². The molecule has 204 valence electrons. The highest BCUT2D eigenvalue weighted by atomic mass is 32.1. The number of hydrogen-bond donors (Lipinski definition) is 0. The molecule has 0 radical (unpaired) electrons. The number of aromatic nitrogens is 3. The topological polar surface area (TPSA) is 54.5 Å². The van der Waals surface area contributed by atoms with E-state index in [1.165, 1.54) is 16.3 Å². The molecule has 0 aliphatic rings. The zero-order valence-corrected chi connectivity index (χ0v) is 24.2. The average molecular weight is 579 g/mol. The number of nitriles is 1. The Bertz CT molecular complexity index is 2620. The molecule has 0 aliphatic heterocycles. The van der Waals surface area contributed by atoms with Crippen LogP contribution in [0.2, 0.25) is 0 Å². The highest BCUT2D eigenvalue weighted by molar-refractivity contribution is 7.26. The zero-order chi connectivity index (χ0) is 29.2. The number of nitrogens with zero attached hydrogens (tertiary/aromatic N) is 4. The average Bonchev–Trinajstić information content (AvgIpc) is 3.62. The summed E-state index contributed by atoms with van der Waals surface area (Å²) in [5.74, 6) is 0.612. The molecular weight excluding hydrogens is 557 g/mol. The molecule has 0 atom stereocenters. The van der Waals surface area contributed by atoms with E-state index in [1.54, 1.807) is 11.3 Å². The van der Waals surface area contributed by atoms with Crippen LogP contribution in [0, 0.1) is 11.3 Å². The van der Waals surface area contributed by atoms with Crippen molar-refractivity contribution < 1.29 is 0 Å². The number of rotatable bonds is 3. The van der Waals surface area contributed by atoms with E-state index in [4.69, 9.17) is 9.97 Å². The Morgan fingerprint density at radius 2 is 1.34 bits per heavy atom. The lowest BCUT2D eigenvalue weighted by molar-refractivity contribution is 1.02.